The van der Waals surface area contributed by atoms with Crippen molar-refractivity contribution >= 4 is 15.7 Å². The maximum Gasteiger partial charge on any atom is 0.276 e. The van der Waals surface area contributed by atoms with Crippen LogP contribution in [0, 0.1) is 6.92 Å². The highest BCUT2D eigenvalue weighted by atomic mass is 32.2. The van der Waals surface area contributed by atoms with Gasteiger partial charge >= 0.3 is 0 Å². The van der Waals surface area contributed by atoms with Crippen molar-refractivity contribution in [1.82, 2.24) is 4.83 Å². The number of ether oxygens (including phenoxy) is 1. The van der Waals surface area contributed by atoms with Crippen molar-refractivity contribution < 1.29 is 13.2 Å². The lowest BCUT2D eigenvalue weighted by Gasteiger charge is -2.08. The van der Waals surface area contributed by atoms with Crippen molar-refractivity contribution in [3.8, 4) is 5.75 Å². The Labute approximate surface area is 137 Å². The Balaban J connectivity index is 2.22. The number of hydrogen-bond acceptors (Lipinski definition) is 4. The highest BCUT2D eigenvalue weighted by molar-refractivity contribution is 7.89. The molecule has 0 bridgehead atoms. The van der Waals surface area contributed by atoms with Crippen molar-refractivity contribution in [3.63, 3.8) is 0 Å². The van der Waals surface area contributed by atoms with Gasteiger partial charge in [0.1, 0.15) is 5.75 Å². The van der Waals surface area contributed by atoms with Crippen LogP contribution in [0.1, 0.15) is 24.5 Å². The number of rotatable bonds is 6. The third-order valence-electron chi connectivity index (χ3n) is 3.39. The number of hydrazone groups is 1. The molecule has 23 heavy (non-hydrogen) atoms. The smallest absolute Gasteiger partial charge is 0.276 e. The molecule has 0 heterocycles. The normalized spacial score (nSPS) is 12.0. The largest absolute Gasteiger partial charge is 0.497 e. The fraction of sp³-hybridized carbons (Fsp3) is 0.235. The van der Waals surface area contributed by atoms with E-state index in [0.29, 0.717) is 12.1 Å². The van der Waals surface area contributed by atoms with E-state index in [9.17, 15) is 8.42 Å². The topological polar surface area (TPSA) is 67.8 Å². The molecule has 0 aliphatic heterocycles. The standard InChI is InChI=1S/C17H20N2O3S/c1-4-17(14-7-9-15(22-3)10-8-14)18-19-23(20,21)16-11-5-13(2)6-12-16/h5-12,19H,4H2,1-3H3/b18-17-. The van der Waals surface area contributed by atoms with Gasteiger partial charge in [0.2, 0.25) is 0 Å². The molecule has 2 aromatic carbocycles. The van der Waals surface area contributed by atoms with E-state index in [1.165, 1.54) is 0 Å². The van der Waals surface area contributed by atoms with E-state index in [1.54, 1.807) is 31.4 Å². The molecule has 0 atom stereocenters. The summed E-state index contributed by atoms with van der Waals surface area (Å²) in [5.41, 5.74) is 2.50. The molecule has 0 saturated heterocycles. The van der Waals surface area contributed by atoms with E-state index < -0.39 is 10.0 Å². The summed E-state index contributed by atoms with van der Waals surface area (Å²) in [5, 5.41) is 4.08. The lowest BCUT2D eigenvalue weighted by Crippen LogP contribution is -2.20. The highest BCUT2D eigenvalue weighted by Gasteiger charge is 2.13. The van der Waals surface area contributed by atoms with Gasteiger partial charge in [-0.1, -0.05) is 24.6 Å². The first-order valence-corrected chi connectivity index (χ1v) is 8.74. The van der Waals surface area contributed by atoms with Crippen molar-refractivity contribution in [2.75, 3.05) is 7.11 Å². The summed E-state index contributed by atoms with van der Waals surface area (Å²) in [6.07, 6.45) is 0.600. The van der Waals surface area contributed by atoms with Crippen LogP contribution in [0.15, 0.2) is 58.5 Å². The van der Waals surface area contributed by atoms with Crippen LogP contribution in [0.3, 0.4) is 0 Å². The maximum atomic E-state index is 12.3. The van der Waals surface area contributed by atoms with Gasteiger partial charge in [0.05, 0.1) is 17.7 Å². The van der Waals surface area contributed by atoms with E-state index in [2.05, 4.69) is 9.93 Å². The second-order valence-electron chi connectivity index (χ2n) is 5.05. The molecule has 2 aromatic rings. The monoisotopic (exact) mass is 332 g/mol. The van der Waals surface area contributed by atoms with Crippen LogP contribution in [0.4, 0.5) is 0 Å². The van der Waals surface area contributed by atoms with Gasteiger partial charge < -0.3 is 4.74 Å². The minimum Gasteiger partial charge on any atom is -0.497 e. The SMILES string of the molecule is CC/C(=N/NS(=O)(=O)c1ccc(C)cc1)c1ccc(OC)cc1. The van der Waals surface area contributed by atoms with Gasteiger partial charge in [-0.15, -0.1) is 0 Å². The summed E-state index contributed by atoms with van der Waals surface area (Å²) in [6.45, 7) is 3.82. The molecule has 0 aromatic heterocycles. The molecular formula is C17H20N2O3S. The van der Waals surface area contributed by atoms with Gasteiger partial charge in [-0.2, -0.15) is 18.4 Å². The lowest BCUT2D eigenvalue weighted by molar-refractivity contribution is 0.415. The number of aryl methyl sites for hydroxylation is 1. The average Bonchev–Trinajstić information content (AvgIpc) is 2.56. The molecule has 5 nitrogen and oxygen atoms in total. The molecule has 0 fully saturated rings. The van der Waals surface area contributed by atoms with Gasteiger partial charge in [0, 0.05) is 0 Å². The van der Waals surface area contributed by atoms with Crippen LogP contribution >= 0.6 is 0 Å². The second-order valence-corrected chi connectivity index (χ2v) is 6.71. The van der Waals surface area contributed by atoms with Crippen molar-refractivity contribution in [2.45, 2.75) is 25.2 Å². The molecular weight excluding hydrogens is 312 g/mol. The zero-order valence-corrected chi connectivity index (χ0v) is 14.2. The zero-order chi connectivity index (χ0) is 16.9. The number of nitrogens with zero attached hydrogens (tertiary/aromatic N) is 1. The van der Waals surface area contributed by atoms with Crippen LogP contribution in [0.2, 0.25) is 0 Å². The summed E-state index contributed by atoms with van der Waals surface area (Å²) in [5.74, 6) is 0.740. The van der Waals surface area contributed by atoms with E-state index in [4.69, 9.17) is 4.74 Å². The Morgan fingerprint density at radius 3 is 2.22 bits per heavy atom. The summed E-state index contributed by atoms with van der Waals surface area (Å²) in [4.78, 5) is 2.49. The van der Waals surface area contributed by atoms with Gasteiger partial charge in [0.25, 0.3) is 10.0 Å². The van der Waals surface area contributed by atoms with Gasteiger partial charge in [0.15, 0.2) is 0 Å². The summed E-state index contributed by atoms with van der Waals surface area (Å²) < 4.78 is 29.6. The first-order chi connectivity index (χ1) is 11.0. The number of methoxy groups -OCH3 is 1. The van der Waals surface area contributed by atoms with Crippen LogP contribution < -0.4 is 9.57 Å². The Morgan fingerprint density at radius 1 is 1.09 bits per heavy atom. The Morgan fingerprint density at radius 2 is 1.70 bits per heavy atom. The van der Waals surface area contributed by atoms with Gasteiger partial charge in [-0.25, -0.2) is 0 Å². The third-order valence-corrected chi connectivity index (χ3v) is 4.61. The minimum atomic E-state index is -3.67. The fourth-order valence-electron chi connectivity index (χ4n) is 2.02. The molecule has 1 N–H and O–H groups in total. The van der Waals surface area contributed by atoms with Crippen LogP contribution in [-0.2, 0) is 10.0 Å². The molecule has 0 amide bonds. The molecule has 0 spiro atoms. The molecule has 0 saturated carbocycles. The molecule has 2 rings (SSSR count). The molecule has 0 unspecified atom stereocenters. The predicted molar refractivity (Wildman–Crippen MR) is 91.3 cm³/mol. The maximum absolute atomic E-state index is 12.3. The van der Waals surface area contributed by atoms with Crippen LogP contribution in [-0.4, -0.2) is 21.2 Å². The first-order valence-electron chi connectivity index (χ1n) is 7.25. The van der Waals surface area contributed by atoms with Crippen molar-refractivity contribution in [3.05, 3.63) is 59.7 Å². The quantitative estimate of drug-likeness (QED) is 0.653. The van der Waals surface area contributed by atoms with Crippen LogP contribution in [0.5, 0.6) is 5.75 Å². The summed E-state index contributed by atoms with van der Waals surface area (Å²) in [7, 11) is -2.07. The second kappa shape index (κ2) is 7.28. The van der Waals surface area contributed by atoms with Gasteiger partial charge in [-0.3, -0.25) is 0 Å². The molecule has 0 aliphatic rings. The summed E-state index contributed by atoms with van der Waals surface area (Å²) in [6, 6.07) is 14.0. The number of sulfonamides is 1. The number of nitrogens with one attached hydrogen (secondary N) is 1. The fourth-order valence-corrected chi connectivity index (χ4v) is 2.85. The van der Waals surface area contributed by atoms with Crippen LogP contribution in [0.25, 0.3) is 0 Å². The third kappa shape index (κ3) is 4.32. The van der Waals surface area contributed by atoms with E-state index in [0.717, 1.165) is 16.9 Å². The predicted octanol–water partition coefficient (Wildman–Crippen LogP) is 3.10. The zero-order valence-electron chi connectivity index (χ0n) is 13.4. The Hall–Kier alpha value is -2.34. The highest BCUT2D eigenvalue weighted by Crippen LogP contribution is 2.14. The van der Waals surface area contributed by atoms with Gasteiger partial charge in [-0.05, 0) is 55.3 Å². The molecule has 6 heteroatoms. The summed E-state index contributed by atoms with van der Waals surface area (Å²) >= 11 is 0. The average molecular weight is 332 g/mol. The number of hydrogen-bond donors (Lipinski definition) is 1. The lowest BCUT2D eigenvalue weighted by atomic mass is 10.1. The van der Waals surface area contributed by atoms with Crippen molar-refractivity contribution in [1.29, 1.82) is 0 Å². The molecule has 0 radical (unpaired) electrons. The molecule has 122 valence electrons. The van der Waals surface area contributed by atoms with E-state index in [1.807, 2.05) is 38.1 Å². The minimum absolute atomic E-state index is 0.192. The van der Waals surface area contributed by atoms with Crippen molar-refractivity contribution in [2.24, 2.45) is 5.10 Å². The number of benzene rings is 2. The Kier molecular flexibility index (Phi) is 5.39. The van der Waals surface area contributed by atoms with E-state index in [-0.39, 0.29) is 4.90 Å². The molecule has 0 aliphatic carbocycles. The Bertz CT molecular complexity index is 780. The van der Waals surface area contributed by atoms with E-state index >= 15 is 0 Å². The first kappa shape index (κ1) is 17.0.